The van der Waals surface area contributed by atoms with Crippen molar-refractivity contribution in [3.8, 4) is 5.75 Å². The number of benzene rings is 1. The van der Waals surface area contributed by atoms with Crippen molar-refractivity contribution in [3.05, 3.63) is 30.3 Å². The van der Waals surface area contributed by atoms with Gasteiger partial charge in [-0.05, 0) is 68.4 Å². The Morgan fingerprint density at radius 2 is 1.37 bits per heavy atom. The first-order chi connectivity index (χ1) is 14.3. The Morgan fingerprint density at radius 3 is 1.90 bits per heavy atom. The fraction of sp³-hybridized carbons (Fsp3) is 0.760. The van der Waals surface area contributed by atoms with Gasteiger partial charge >= 0.3 is 12.0 Å². The summed E-state index contributed by atoms with van der Waals surface area (Å²) in [5, 5.41) is 0. The summed E-state index contributed by atoms with van der Waals surface area (Å²) in [6.45, 7) is 2.23. The van der Waals surface area contributed by atoms with Gasteiger partial charge in [0.25, 0.3) is 0 Å². The van der Waals surface area contributed by atoms with Crippen molar-refractivity contribution in [2.45, 2.75) is 96.0 Å². The Bertz CT molecular complexity index is 616. The van der Waals surface area contributed by atoms with Crippen LogP contribution in [0, 0.1) is 23.7 Å². The molecule has 0 bridgehead atoms. The number of unbranched alkanes of at least 4 members (excludes halogenated alkanes) is 2. The van der Waals surface area contributed by atoms with Gasteiger partial charge in [-0.15, -0.1) is 0 Å². The summed E-state index contributed by atoms with van der Waals surface area (Å²) in [4.78, 5) is 0. The first-order valence-corrected chi connectivity index (χ1v) is 11.8. The molecule has 2 fully saturated rings. The van der Waals surface area contributed by atoms with E-state index in [9.17, 15) is 13.2 Å². The minimum Gasteiger partial charge on any atom is -0.450 e. The van der Waals surface area contributed by atoms with E-state index < -0.39 is 17.9 Å². The molecule has 1 aromatic carbocycles. The predicted octanol–water partition coefficient (Wildman–Crippen LogP) is 8.49. The van der Waals surface area contributed by atoms with E-state index in [1.165, 1.54) is 63.5 Å². The van der Waals surface area contributed by atoms with Gasteiger partial charge in [-0.2, -0.15) is 17.6 Å². The van der Waals surface area contributed by atoms with Crippen molar-refractivity contribution in [1.29, 1.82) is 0 Å². The Hall–Kier alpha value is -1.26. The van der Waals surface area contributed by atoms with Crippen LogP contribution in [0.25, 0.3) is 0 Å². The molecule has 1 unspecified atom stereocenters. The molecule has 1 aromatic rings. The molecule has 0 N–H and O–H groups in total. The molecule has 5 heteroatoms. The monoisotopic (exact) mass is 428 g/mol. The van der Waals surface area contributed by atoms with Crippen molar-refractivity contribution in [1.82, 2.24) is 0 Å². The number of rotatable bonds is 8. The highest BCUT2D eigenvalue weighted by molar-refractivity contribution is 5.22. The van der Waals surface area contributed by atoms with Crippen molar-refractivity contribution in [2.24, 2.45) is 23.7 Å². The minimum atomic E-state index is -5.04. The molecule has 0 saturated heterocycles. The van der Waals surface area contributed by atoms with E-state index in [1.54, 1.807) is 18.2 Å². The number of halogens is 4. The molecule has 0 radical (unpaired) electrons. The average Bonchev–Trinajstić information content (AvgIpc) is 2.74. The van der Waals surface area contributed by atoms with Crippen LogP contribution >= 0.6 is 0 Å². The Kier molecular flexibility index (Phi) is 8.09. The molecule has 1 atom stereocenters. The molecule has 0 spiro atoms. The van der Waals surface area contributed by atoms with Gasteiger partial charge in [0.2, 0.25) is 0 Å². The molecule has 1 nitrogen and oxygen atoms in total. The second kappa shape index (κ2) is 10.4. The first kappa shape index (κ1) is 23.4. The maximum Gasteiger partial charge on any atom is 0.460 e. The predicted molar refractivity (Wildman–Crippen MR) is 112 cm³/mol. The molecular formula is C25H36F4O. The smallest absolute Gasteiger partial charge is 0.450 e. The lowest BCUT2D eigenvalue weighted by Crippen LogP contribution is -2.53. The molecular weight excluding hydrogens is 392 g/mol. The van der Waals surface area contributed by atoms with Crippen molar-refractivity contribution in [2.75, 3.05) is 0 Å². The lowest BCUT2D eigenvalue weighted by Gasteiger charge is -2.42. The van der Waals surface area contributed by atoms with Gasteiger partial charge in [0, 0.05) is 5.92 Å². The summed E-state index contributed by atoms with van der Waals surface area (Å²) in [6.07, 6.45) is 6.85. The number of para-hydroxylation sites is 1. The summed E-state index contributed by atoms with van der Waals surface area (Å²) in [5.41, 5.74) is 0. The number of hydrogen-bond acceptors (Lipinski definition) is 1. The van der Waals surface area contributed by atoms with Crippen molar-refractivity contribution < 1.29 is 22.3 Å². The fourth-order valence-corrected chi connectivity index (χ4v) is 5.63. The zero-order valence-corrected chi connectivity index (χ0v) is 18.1. The third-order valence-corrected chi connectivity index (χ3v) is 7.47. The molecule has 0 amide bonds. The van der Waals surface area contributed by atoms with Gasteiger partial charge in [0.15, 0.2) is 0 Å². The van der Waals surface area contributed by atoms with Crippen LogP contribution in [0.2, 0.25) is 0 Å². The van der Waals surface area contributed by atoms with Crippen LogP contribution in [0.1, 0.15) is 84.0 Å². The molecule has 2 aliphatic rings. The zero-order chi connectivity index (χ0) is 21.6. The van der Waals surface area contributed by atoms with E-state index in [4.69, 9.17) is 4.74 Å². The van der Waals surface area contributed by atoms with Gasteiger partial charge in [-0.3, -0.25) is 0 Å². The summed E-state index contributed by atoms with van der Waals surface area (Å²) >= 11 is 0. The fourth-order valence-electron chi connectivity index (χ4n) is 5.63. The van der Waals surface area contributed by atoms with Gasteiger partial charge in [0.05, 0.1) is 0 Å². The van der Waals surface area contributed by atoms with Gasteiger partial charge in [-0.25, -0.2) is 0 Å². The first-order valence-electron chi connectivity index (χ1n) is 11.8. The second-order valence-electron chi connectivity index (χ2n) is 9.45. The Balaban J connectivity index is 1.53. The van der Waals surface area contributed by atoms with E-state index in [0.717, 1.165) is 5.92 Å². The van der Waals surface area contributed by atoms with Crippen LogP contribution in [0.3, 0.4) is 0 Å². The highest BCUT2D eigenvalue weighted by Crippen LogP contribution is 2.50. The summed E-state index contributed by atoms with van der Waals surface area (Å²) in [5.74, 6) is -2.96. The molecule has 0 aliphatic heterocycles. The zero-order valence-electron chi connectivity index (χ0n) is 18.1. The standard InChI is InChI=1S/C25H36F4O/c1-2-3-5-8-19-11-13-20(14-12-19)21-15-17-22(18-16-21)24(26,25(27,28)29)30-23-9-6-4-7-10-23/h4,6-7,9-10,19-22H,2-3,5,8,11-18H2,1H3. The summed E-state index contributed by atoms with van der Waals surface area (Å²) in [7, 11) is 0. The number of hydrogen-bond donors (Lipinski definition) is 0. The lowest BCUT2D eigenvalue weighted by molar-refractivity contribution is -0.326. The Morgan fingerprint density at radius 1 is 0.800 bits per heavy atom. The molecule has 170 valence electrons. The highest BCUT2D eigenvalue weighted by atomic mass is 19.4. The van der Waals surface area contributed by atoms with Crippen LogP contribution in [-0.2, 0) is 0 Å². The van der Waals surface area contributed by atoms with Gasteiger partial charge in [0.1, 0.15) is 5.75 Å². The van der Waals surface area contributed by atoms with E-state index in [0.29, 0.717) is 24.7 Å². The molecule has 0 heterocycles. The van der Waals surface area contributed by atoms with Crippen molar-refractivity contribution in [3.63, 3.8) is 0 Å². The molecule has 3 rings (SSSR count). The summed E-state index contributed by atoms with van der Waals surface area (Å²) in [6, 6.07) is 7.54. The SMILES string of the molecule is CCCCCC1CCC(C2CCC(C(F)(Oc3ccccc3)C(F)(F)F)CC2)CC1. The lowest BCUT2D eigenvalue weighted by atomic mass is 9.67. The van der Waals surface area contributed by atoms with Crippen LogP contribution in [-0.4, -0.2) is 12.0 Å². The highest BCUT2D eigenvalue weighted by Gasteiger charge is 2.63. The normalized spacial score (nSPS) is 29.9. The summed E-state index contributed by atoms with van der Waals surface area (Å²) < 4.78 is 61.3. The topological polar surface area (TPSA) is 9.23 Å². The van der Waals surface area contributed by atoms with E-state index >= 15 is 4.39 Å². The van der Waals surface area contributed by atoms with Crippen LogP contribution in [0.5, 0.6) is 5.75 Å². The van der Waals surface area contributed by atoms with Gasteiger partial charge < -0.3 is 4.74 Å². The number of ether oxygens (including phenoxy) is 1. The minimum absolute atomic E-state index is 0.0687. The molecule has 30 heavy (non-hydrogen) atoms. The number of alkyl halides is 4. The van der Waals surface area contributed by atoms with Crippen LogP contribution in [0.4, 0.5) is 17.6 Å². The molecule has 2 aliphatic carbocycles. The van der Waals surface area contributed by atoms with E-state index in [1.807, 2.05) is 0 Å². The van der Waals surface area contributed by atoms with E-state index in [2.05, 4.69) is 6.92 Å². The third-order valence-electron chi connectivity index (χ3n) is 7.47. The maximum absolute atomic E-state index is 15.3. The van der Waals surface area contributed by atoms with Crippen LogP contribution in [0.15, 0.2) is 30.3 Å². The maximum atomic E-state index is 15.3. The largest absolute Gasteiger partial charge is 0.460 e. The Labute approximate surface area is 178 Å². The third kappa shape index (κ3) is 5.70. The average molecular weight is 429 g/mol. The molecule has 0 aromatic heterocycles. The van der Waals surface area contributed by atoms with Crippen LogP contribution < -0.4 is 4.74 Å². The second-order valence-corrected chi connectivity index (χ2v) is 9.45. The molecule has 2 saturated carbocycles. The van der Waals surface area contributed by atoms with Crippen molar-refractivity contribution >= 4 is 0 Å². The van der Waals surface area contributed by atoms with E-state index in [-0.39, 0.29) is 18.6 Å². The van der Waals surface area contributed by atoms with Gasteiger partial charge in [-0.1, -0.05) is 63.6 Å². The quantitative estimate of drug-likeness (QED) is 0.298.